The molecule has 216 valence electrons. The molecule has 2 fully saturated rings. The first-order chi connectivity index (χ1) is 19.1. The molecule has 2 aliphatic rings. The van der Waals surface area contributed by atoms with Gasteiger partial charge in [-0.1, -0.05) is 80.4 Å². The monoisotopic (exact) mass is 674 g/mol. The van der Waals surface area contributed by atoms with Crippen LogP contribution in [0.5, 0.6) is 0 Å². The predicted molar refractivity (Wildman–Crippen MR) is 164 cm³/mol. The molecular weight excluding hydrogens is 636 g/mol. The van der Waals surface area contributed by atoms with E-state index in [0.717, 1.165) is 51.4 Å². The van der Waals surface area contributed by atoms with Gasteiger partial charge in [-0.05, 0) is 85.5 Å². The summed E-state index contributed by atoms with van der Waals surface area (Å²) in [7, 11) is 0. The van der Waals surface area contributed by atoms with Gasteiger partial charge in [-0.25, -0.2) is 0 Å². The third-order valence-corrected chi connectivity index (χ3v) is 11.0. The maximum absolute atomic E-state index is 14.0. The molecule has 2 aromatic rings. The number of esters is 2. The maximum Gasteiger partial charge on any atom is 0.302 e. The van der Waals surface area contributed by atoms with Crippen molar-refractivity contribution in [2.24, 2.45) is 0 Å². The maximum atomic E-state index is 14.0. The average Bonchev–Trinajstić information content (AvgIpc) is 2.94. The van der Waals surface area contributed by atoms with Gasteiger partial charge < -0.3 is 9.47 Å². The van der Waals surface area contributed by atoms with E-state index in [0.29, 0.717) is 43.7 Å². The van der Waals surface area contributed by atoms with E-state index in [1.807, 2.05) is 12.1 Å². The highest BCUT2D eigenvalue weighted by Gasteiger charge is 2.50. The van der Waals surface area contributed by atoms with Gasteiger partial charge in [0.2, 0.25) is 0 Å². The van der Waals surface area contributed by atoms with E-state index in [2.05, 4.69) is 68.3 Å². The zero-order valence-corrected chi connectivity index (χ0v) is 26.7. The average molecular weight is 676 g/mol. The summed E-state index contributed by atoms with van der Waals surface area (Å²) >= 11 is 7.88. The zero-order chi connectivity index (χ0) is 28.8. The summed E-state index contributed by atoms with van der Waals surface area (Å²) in [6.07, 6.45) is 8.45. The van der Waals surface area contributed by atoms with Crippen LogP contribution in [0.25, 0.3) is 0 Å². The molecule has 0 radical (unpaired) electrons. The highest BCUT2D eigenvalue weighted by atomic mass is 79.9. The van der Waals surface area contributed by atoms with Crippen LogP contribution in [0.1, 0.15) is 99.3 Å². The lowest BCUT2D eigenvalue weighted by Gasteiger charge is -2.43. The van der Waals surface area contributed by atoms with E-state index in [-0.39, 0.29) is 11.9 Å². The number of ketones is 1. The Hall–Kier alpha value is -1.99. The van der Waals surface area contributed by atoms with Crippen molar-refractivity contribution in [1.82, 2.24) is 0 Å². The lowest BCUT2D eigenvalue weighted by Crippen LogP contribution is -2.49. The Morgan fingerprint density at radius 1 is 0.675 bits per heavy atom. The van der Waals surface area contributed by atoms with E-state index in [4.69, 9.17) is 9.47 Å². The molecular formula is C33H40Br2O5. The van der Waals surface area contributed by atoms with Crippen molar-refractivity contribution >= 4 is 49.6 Å². The minimum Gasteiger partial charge on any atom is -0.466 e. The Morgan fingerprint density at radius 3 is 1.38 bits per heavy atom. The molecule has 0 aromatic heterocycles. The van der Waals surface area contributed by atoms with Crippen molar-refractivity contribution in [1.29, 1.82) is 0 Å². The minimum absolute atomic E-state index is 0.251. The summed E-state index contributed by atoms with van der Waals surface area (Å²) in [6, 6.07) is 16.9. The topological polar surface area (TPSA) is 69.7 Å². The van der Waals surface area contributed by atoms with Crippen LogP contribution in [-0.2, 0) is 36.7 Å². The highest BCUT2D eigenvalue weighted by Crippen LogP contribution is 2.51. The van der Waals surface area contributed by atoms with Gasteiger partial charge in [0.05, 0.1) is 21.9 Å². The molecule has 0 N–H and O–H groups in total. The number of carbonyl (C=O) groups is 3. The number of benzene rings is 2. The predicted octanol–water partition coefficient (Wildman–Crippen LogP) is 7.75. The fourth-order valence-corrected chi connectivity index (χ4v) is 8.50. The SMILES string of the molecule is CC(=O)OCCc1ccccc1C1CCC(Br)(C(=O)C2(Br)CCC(c3ccccc3CCOC(C)=O)CC2)CC1. The number of halogens is 2. The second kappa shape index (κ2) is 13.8. The first-order valence-electron chi connectivity index (χ1n) is 14.5. The Bertz CT molecular complexity index is 1100. The number of carbonyl (C=O) groups excluding carboxylic acids is 3. The first-order valence-corrected chi connectivity index (χ1v) is 16.0. The van der Waals surface area contributed by atoms with Gasteiger partial charge in [0.1, 0.15) is 0 Å². The summed E-state index contributed by atoms with van der Waals surface area (Å²) in [4.78, 5) is 36.4. The summed E-state index contributed by atoms with van der Waals surface area (Å²) < 4.78 is 9.36. The second-order valence-corrected chi connectivity index (χ2v) is 14.4. The third kappa shape index (κ3) is 7.64. The van der Waals surface area contributed by atoms with E-state index in [1.54, 1.807) is 0 Å². The Balaban J connectivity index is 1.35. The molecule has 2 aromatic carbocycles. The molecule has 0 unspecified atom stereocenters. The fourth-order valence-electron chi connectivity index (χ4n) is 6.56. The summed E-state index contributed by atoms with van der Waals surface area (Å²) in [5, 5.41) is 0. The van der Waals surface area contributed by atoms with Gasteiger partial charge in [-0.2, -0.15) is 0 Å². The summed E-state index contributed by atoms with van der Waals surface area (Å²) in [5.74, 6) is 0.594. The number of hydrogen-bond donors (Lipinski definition) is 0. The van der Waals surface area contributed by atoms with Crippen LogP contribution in [0, 0.1) is 0 Å². The standard InChI is InChI=1S/C33H40Br2O5/c1-23(36)39-21-15-25-7-3-5-9-29(25)27-11-17-32(34,18-12-27)31(38)33(35)19-13-28(14-20-33)30-10-6-4-8-26(30)16-22-40-24(2)37/h3-10,27-28H,11-22H2,1-2H3. The van der Waals surface area contributed by atoms with Gasteiger partial charge in [0, 0.05) is 26.7 Å². The number of alkyl halides is 2. The second-order valence-electron chi connectivity index (χ2n) is 11.4. The Labute approximate surface area is 255 Å². The van der Waals surface area contributed by atoms with Crippen molar-refractivity contribution in [2.75, 3.05) is 13.2 Å². The smallest absolute Gasteiger partial charge is 0.302 e. The van der Waals surface area contributed by atoms with Crippen molar-refractivity contribution in [3.63, 3.8) is 0 Å². The van der Waals surface area contributed by atoms with Crippen LogP contribution >= 0.6 is 31.9 Å². The number of ether oxygens (including phenoxy) is 2. The molecule has 0 heterocycles. The van der Waals surface area contributed by atoms with Crippen molar-refractivity contribution in [2.45, 2.75) is 98.5 Å². The molecule has 2 saturated carbocycles. The molecule has 0 amide bonds. The largest absolute Gasteiger partial charge is 0.466 e. The van der Waals surface area contributed by atoms with E-state index in [1.165, 1.54) is 36.1 Å². The van der Waals surface area contributed by atoms with Gasteiger partial charge >= 0.3 is 11.9 Å². The van der Waals surface area contributed by atoms with E-state index in [9.17, 15) is 14.4 Å². The number of Topliss-reactive ketones (excluding diaryl/α,β-unsaturated/α-hetero) is 1. The van der Waals surface area contributed by atoms with Crippen LogP contribution in [0.2, 0.25) is 0 Å². The molecule has 2 aliphatic carbocycles. The van der Waals surface area contributed by atoms with Crippen LogP contribution in [-0.4, -0.2) is 39.6 Å². The highest BCUT2D eigenvalue weighted by molar-refractivity contribution is 9.11. The van der Waals surface area contributed by atoms with E-state index >= 15 is 0 Å². The molecule has 40 heavy (non-hydrogen) atoms. The van der Waals surface area contributed by atoms with Crippen LogP contribution in [0.4, 0.5) is 0 Å². The van der Waals surface area contributed by atoms with Crippen LogP contribution in [0.3, 0.4) is 0 Å². The third-order valence-electron chi connectivity index (χ3n) is 8.71. The molecule has 0 spiro atoms. The quantitative estimate of drug-likeness (QED) is 0.190. The van der Waals surface area contributed by atoms with Gasteiger partial charge in [0.15, 0.2) is 5.78 Å². The van der Waals surface area contributed by atoms with Crippen molar-refractivity contribution in [3.8, 4) is 0 Å². The number of hydrogen-bond acceptors (Lipinski definition) is 5. The van der Waals surface area contributed by atoms with Crippen molar-refractivity contribution < 1.29 is 23.9 Å². The van der Waals surface area contributed by atoms with E-state index < -0.39 is 8.65 Å². The van der Waals surface area contributed by atoms with Crippen LogP contribution < -0.4 is 0 Å². The van der Waals surface area contributed by atoms with Gasteiger partial charge in [-0.3, -0.25) is 14.4 Å². The molecule has 5 nitrogen and oxygen atoms in total. The molecule has 0 aliphatic heterocycles. The Kier molecular flexibility index (Phi) is 10.7. The normalized spacial score (nSPS) is 26.6. The Morgan fingerprint density at radius 2 is 1.02 bits per heavy atom. The van der Waals surface area contributed by atoms with Gasteiger partial charge in [-0.15, -0.1) is 0 Å². The minimum atomic E-state index is -0.505. The summed E-state index contributed by atoms with van der Waals surface area (Å²) in [6.45, 7) is 3.67. The number of rotatable bonds is 10. The first kappa shape index (κ1) is 31.0. The molecule has 0 atom stereocenters. The molecule has 4 rings (SSSR count). The lowest BCUT2D eigenvalue weighted by atomic mass is 9.69. The molecule has 0 bridgehead atoms. The summed E-state index contributed by atoms with van der Waals surface area (Å²) in [5.41, 5.74) is 5.09. The zero-order valence-electron chi connectivity index (χ0n) is 23.6. The molecule has 0 saturated heterocycles. The fraction of sp³-hybridized carbons (Fsp3) is 0.545. The molecule has 7 heteroatoms. The van der Waals surface area contributed by atoms with Crippen LogP contribution in [0.15, 0.2) is 48.5 Å². The van der Waals surface area contributed by atoms with Gasteiger partial charge in [0.25, 0.3) is 0 Å². The lowest BCUT2D eigenvalue weighted by molar-refractivity contribution is -0.141. The van der Waals surface area contributed by atoms with Crippen molar-refractivity contribution in [3.05, 3.63) is 70.8 Å².